The fourth-order valence-corrected chi connectivity index (χ4v) is 2.84. The third-order valence-corrected chi connectivity index (χ3v) is 4.10. The molecule has 0 aliphatic rings. The Balaban J connectivity index is 1.88. The van der Waals surface area contributed by atoms with Crippen LogP contribution in [0.25, 0.3) is 22.6 Å². The molecule has 0 unspecified atom stereocenters. The lowest BCUT2D eigenvalue weighted by Crippen LogP contribution is -1.95. The van der Waals surface area contributed by atoms with Crippen LogP contribution in [0.2, 0.25) is 5.02 Å². The van der Waals surface area contributed by atoms with Crippen LogP contribution in [-0.2, 0) is 6.42 Å². The monoisotopic (exact) mass is 325 g/mol. The first-order valence-electron chi connectivity index (χ1n) is 8.03. The molecule has 3 aromatic rings. The summed E-state index contributed by atoms with van der Waals surface area (Å²) in [4.78, 5) is 12.5. The average molecular weight is 326 g/mol. The van der Waals surface area contributed by atoms with Crippen molar-refractivity contribution in [1.29, 1.82) is 0 Å². The molecule has 4 heteroatoms. The number of halogens is 1. The molecular weight excluding hydrogens is 306 g/mol. The zero-order valence-corrected chi connectivity index (χ0v) is 14.0. The van der Waals surface area contributed by atoms with E-state index in [1.54, 1.807) is 0 Å². The molecule has 3 nitrogen and oxygen atoms in total. The number of aryl methyl sites for hydroxylation is 1. The first-order chi connectivity index (χ1) is 11.3. The molecule has 2 heterocycles. The van der Waals surface area contributed by atoms with Gasteiger partial charge in [-0.2, -0.15) is 0 Å². The van der Waals surface area contributed by atoms with Gasteiger partial charge in [0.05, 0.1) is 11.4 Å². The Morgan fingerprint density at radius 1 is 1.13 bits per heavy atom. The number of rotatable bonds is 6. The largest absolute Gasteiger partial charge is 0.344 e. The Kier molecular flexibility index (Phi) is 5.09. The first kappa shape index (κ1) is 15.8. The summed E-state index contributed by atoms with van der Waals surface area (Å²) in [6, 6.07) is 11.8. The Morgan fingerprint density at radius 2 is 2.04 bits per heavy atom. The number of nitrogens with one attached hydrogen (secondary N) is 1. The van der Waals surface area contributed by atoms with E-state index in [9.17, 15) is 0 Å². The number of pyridine rings is 1. The van der Waals surface area contributed by atoms with Crippen LogP contribution >= 0.6 is 11.6 Å². The molecule has 2 aromatic heterocycles. The van der Waals surface area contributed by atoms with Crippen molar-refractivity contribution >= 4 is 11.6 Å². The van der Waals surface area contributed by atoms with Crippen LogP contribution in [0.4, 0.5) is 0 Å². The van der Waals surface area contributed by atoms with Crippen molar-refractivity contribution < 1.29 is 0 Å². The smallest absolute Gasteiger partial charge is 0.139 e. The lowest BCUT2D eigenvalue weighted by molar-refractivity contribution is 0.708. The standard InChI is InChI=1S/C19H20ClN3/c1-2-3-4-10-17-16(9-6-11-21-17)19-22-13-18(23-19)14-7-5-8-15(20)12-14/h5-9,11-13H,2-4,10H2,1H3,(H,22,23). The van der Waals surface area contributed by atoms with E-state index in [1.807, 2.05) is 42.7 Å². The molecule has 1 aromatic carbocycles. The Bertz CT molecular complexity index is 780. The minimum Gasteiger partial charge on any atom is -0.344 e. The molecule has 3 rings (SSSR count). The zero-order chi connectivity index (χ0) is 16.1. The summed E-state index contributed by atoms with van der Waals surface area (Å²) in [6.07, 6.45) is 8.35. The molecule has 0 saturated carbocycles. The molecule has 118 valence electrons. The number of hydrogen-bond donors (Lipinski definition) is 1. The molecule has 0 spiro atoms. The SMILES string of the molecule is CCCCCc1ncccc1-c1nc(-c2cccc(Cl)c2)c[nH]1. The van der Waals surface area contributed by atoms with Gasteiger partial charge in [0.2, 0.25) is 0 Å². The number of imidazole rings is 1. The van der Waals surface area contributed by atoms with Crippen LogP contribution < -0.4 is 0 Å². The van der Waals surface area contributed by atoms with Crippen molar-refractivity contribution in [2.24, 2.45) is 0 Å². The van der Waals surface area contributed by atoms with E-state index in [0.717, 1.165) is 41.2 Å². The predicted octanol–water partition coefficient (Wildman–Crippen LogP) is 5.52. The van der Waals surface area contributed by atoms with Crippen molar-refractivity contribution in [1.82, 2.24) is 15.0 Å². The lowest BCUT2D eigenvalue weighted by atomic mass is 10.1. The van der Waals surface area contributed by atoms with Crippen molar-refractivity contribution in [2.75, 3.05) is 0 Å². The third-order valence-electron chi connectivity index (χ3n) is 3.86. The number of nitrogens with zero attached hydrogens (tertiary/aromatic N) is 2. The molecule has 0 aliphatic heterocycles. The molecule has 0 aliphatic carbocycles. The third kappa shape index (κ3) is 3.80. The maximum Gasteiger partial charge on any atom is 0.139 e. The minimum absolute atomic E-state index is 0.716. The molecular formula is C19H20ClN3. The van der Waals surface area contributed by atoms with Crippen LogP contribution in [0, 0.1) is 0 Å². The zero-order valence-electron chi connectivity index (χ0n) is 13.2. The van der Waals surface area contributed by atoms with Gasteiger partial charge in [-0.25, -0.2) is 4.98 Å². The summed E-state index contributed by atoms with van der Waals surface area (Å²) in [5, 5.41) is 0.716. The molecule has 1 N–H and O–H groups in total. The van der Waals surface area contributed by atoms with E-state index in [2.05, 4.69) is 23.0 Å². The topological polar surface area (TPSA) is 41.6 Å². The van der Waals surface area contributed by atoms with Crippen molar-refractivity contribution in [2.45, 2.75) is 32.6 Å². The van der Waals surface area contributed by atoms with Gasteiger partial charge in [-0.3, -0.25) is 4.98 Å². The quantitative estimate of drug-likeness (QED) is 0.606. The van der Waals surface area contributed by atoms with E-state index in [1.165, 1.54) is 12.8 Å². The maximum absolute atomic E-state index is 6.07. The second-order valence-electron chi connectivity index (χ2n) is 5.60. The van der Waals surface area contributed by atoms with E-state index >= 15 is 0 Å². The molecule has 0 saturated heterocycles. The van der Waals surface area contributed by atoms with Gasteiger partial charge in [0.15, 0.2) is 0 Å². The number of benzene rings is 1. The van der Waals surface area contributed by atoms with Crippen LogP contribution in [-0.4, -0.2) is 15.0 Å². The van der Waals surface area contributed by atoms with Crippen LogP contribution in [0.3, 0.4) is 0 Å². The molecule has 0 radical (unpaired) electrons. The van der Waals surface area contributed by atoms with Gasteiger partial charge in [-0.15, -0.1) is 0 Å². The van der Waals surface area contributed by atoms with Crippen LogP contribution in [0.1, 0.15) is 31.9 Å². The number of aromatic amines is 1. The molecule has 0 bridgehead atoms. The van der Waals surface area contributed by atoms with Gasteiger partial charge in [0.1, 0.15) is 5.82 Å². The van der Waals surface area contributed by atoms with E-state index < -0.39 is 0 Å². The van der Waals surface area contributed by atoms with Crippen molar-refractivity contribution in [3.8, 4) is 22.6 Å². The average Bonchev–Trinajstić information content (AvgIpc) is 3.05. The lowest BCUT2D eigenvalue weighted by Gasteiger charge is -2.05. The Labute approximate surface area is 141 Å². The number of unbranched alkanes of at least 4 members (excludes halogenated alkanes) is 2. The highest BCUT2D eigenvalue weighted by atomic mass is 35.5. The van der Waals surface area contributed by atoms with Gasteiger partial charge < -0.3 is 4.98 Å². The molecule has 0 amide bonds. The Morgan fingerprint density at radius 3 is 2.87 bits per heavy atom. The summed E-state index contributed by atoms with van der Waals surface area (Å²) in [5.74, 6) is 0.861. The summed E-state index contributed by atoms with van der Waals surface area (Å²) in [7, 11) is 0. The van der Waals surface area contributed by atoms with Gasteiger partial charge >= 0.3 is 0 Å². The minimum atomic E-state index is 0.716. The van der Waals surface area contributed by atoms with E-state index in [0.29, 0.717) is 5.02 Å². The van der Waals surface area contributed by atoms with Crippen LogP contribution in [0.5, 0.6) is 0 Å². The molecule has 0 fully saturated rings. The summed E-state index contributed by atoms with van der Waals surface area (Å²) >= 11 is 6.07. The fraction of sp³-hybridized carbons (Fsp3) is 0.263. The molecule has 0 atom stereocenters. The number of hydrogen-bond acceptors (Lipinski definition) is 2. The number of H-pyrrole nitrogens is 1. The van der Waals surface area contributed by atoms with E-state index in [-0.39, 0.29) is 0 Å². The number of aromatic nitrogens is 3. The van der Waals surface area contributed by atoms with Gasteiger partial charge in [0, 0.05) is 28.5 Å². The van der Waals surface area contributed by atoms with E-state index in [4.69, 9.17) is 16.6 Å². The second kappa shape index (κ2) is 7.42. The van der Waals surface area contributed by atoms with Crippen LogP contribution in [0.15, 0.2) is 48.8 Å². The maximum atomic E-state index is 6.07. The predicted molar refractivity (Wildman–Crippen MR) is 95.5 cm³/mol. The second-order valence-corrected chi connectivity index (χ2v) is 6.04. The Hall–Kier alpha value is -2.13. The summed E-state index contributed by atoms with van der Waals surface area (Å²) in [5.41, 5.74) is 4.09. The summed E-state index contributed by atoms with van der Waals surface area (Å²) in [6.45, 7) is 2.21. The van der Waals surface area contributed by atoms with Gasteiger partial charge in [-0.1, -0.05) is 43.5 Å². The van der Waals surface area contributed by atoms with Crippen molar-refractivity contribution in [3.05, 3.63) is 59.5 Å². The highest BCUT2D eigenvalue weighted by Crippen LogP contribution is 2.26. The molecule has 23 heavy (non-hydrogen) atoms. The van der Waals surface area contributed by atoms with Gasteiger partial charge in [-0.05, 0) is 37.1 Å². The van der Waals surface area contributed by atoms with Crippen molar-refractivity contribution in [3.63, 3.8) is 0 Å². The van der Waals surface area contributed by atoms with Gasteiger partial charge in [0.25, 0.3) is 0 Å². The summed E-state index contributed by atoms with van der Waals surface area (Å²) < 4.78 is 0. The first-order valence-corrected chi connectivity index (χ1v) is 8.41. The highest BCUT2D eigenvalue weighted by Gasteiger charge is 2.11. The fourth-order valence-electron chi connectivity index (χ4n) is 2.65. The normalized spacial score (nSPS) is 10.9. The highest BCUT2D eigenvalue weighted by molar-refractivity contribution is 6.30.